The summed E-state index contributed by atoms with van der Waals surface area (Å²) in [7, 11) is 18.0. The van der Waals surface area contributed by atoms with Crippen LogP contribution in [-0.4, -0.2) is 16.4 Å². The van der Waals surface area contributed by atoms with Gasteiger partial charge in [-0.1, -0.05) is 0 Å². The van der Waals surface area contributed by atoms with E-state index in [1.165, 1.54) is 44.5 Å². The van der Waals surface area contributed by atoms with Gasteiger partial charge in [0, 0.05) is 0 Å². The summed E-state index contributed by atoms with van der Waals surface area (Å²) in [5, 5.41) is 6.66. The quantitative estimate of drug-likeness (QED) is 0.104. The molecule has 0 radical (unpaired) electrons. The third kappa shape index (κ3) is 8.29. The molecule has 0 heterocycles. The number of nitrogens with one attached hydrogen (secondary N) is 2. The Morgan fingerprint density at radius 2 is 0.966 bits per heavy atom. The number of allylic oxidation sites excluding steroid dienone is 2. The Morgan fingerprint density at radius 1 is 0.586 bits per heavy atom. The summed E-state index contributed by atoms with van der Waals surface area (Å²) in [6.45, 7) is 17.1. The molecule has 2 amide bonds. The molecule has 0 saturated carbocycles. The van der Waals surface area contributed by atoms with E-state index in [1.807, 2.05) is 13.8 Å². The standard InChI is InChI=1S/2C22H25.C6H11BN2O2.2ClH.Hf/c2*1-4-5-9-17-14-18-10-8-13-21(22(18)15-17)20-12-7-6-11-19(20)16(2)3;1-3-5(10)8-7-9-6(11)4-2;;;/h2*6-8,10-16H,4-5,9H2,1-3H3;3-4H2,1-2H3,(H-,8,9,10,11);2*1H;/q;;;;;+1/p-1. The maximum atomic E-state index is 13.8. The first kappa shape index (κ1) is 44.4. The van der Waals surface area contributed by atoms with Crippen LogP contribution in [0.25, 0.3) is 34.4 Å². The summed E-state index contributed by atoms with van der Waals surface area (Å²) in [6.07, 6.45) is 10.8. The van der Waals surface area contributed by atoms with Gasteiger partial charge in [0.05, 0.1) is 0 Å². The van der Waals surface area contributed by atoms with Gasteiger partial charge < -0.3 is 0 Å². The molecule has 58 heavy (non-hydrogen) atoms. The van der Waals surface area contributed by atoms with Crippen molar-refractivity contribution in [1.82, 2.24) is 10.5 Å². The summed E-state index contributed by atoms with van der Waals surface area (Å²) in [5.74, 6) is 0.292. The molecule has 8 heteroatoms. The van der Waals surface area contributed by atoms with E-state index in [2.05, 4.69) is 149 Å². The van der Waals surface area contributed by atoms with Crippen molar-refractivity contribution < 1.29 is 25.5 Å². The summed E-state index contributed by atoms with van der Waals surface area (Å²) >= 11 is -6.21. The van der Waals surface area contributed by atoms with Crippen LogP contribution in [-0.2, 0) is 25.5 Å². The van der Waals surface area contributed by atoms with Crippen molar-refractivity contribution >= 4 is 45.7 Å². The monoisotopic (exact) mass is 983 g/mol. The van der Waals surface area contributed by atoms with Gasteiger partial charge in [-0.15, -0.1) is 0 Å². The van der Waals surface area contributed by atoms with E-state index >= 15 is 0 Å². The molecule has 2 atom stereocenters. The van der Waals surface area contributed by atoms with Gasteiger partial charge in [0.1, 0.15) is 0 Å². The van der Waals surface area contributed by atoms with Gasteiger partial charge in [0.25, 0.3) is 0 Å². The van der Waals surface area contributed by atoms with Crippen LogP contribution in [0.1, 0.15) is 159 Å². The third-order valence-corrected chi connectivity index (χ3v) is 41.1. The number of fused-ring (bicyclic) bond motifs is 2. The number of hydrogen-bond donors (Lipinski definition) is 2. The molecule has 2 N–H and O–H groups in total. The average Bonchev–Trinajstić information content (AvgIpc) is 3.81. The fraction of sp³-hybridized carbons (Fsp3) is 0.400. The number of hydrogen-bond acceptors (Lipinski definition) is 2. The molecule has 4 aromatic rings. The zero-order valence-electron chi connectivity index (χ0n) is 35.9. The molecule has 0 fully saturated rings. The van der Waals surface area contributed by atoms with Gasteiger partial charge in [0.15, 0.2) is 0 Å². The molecular weight excluding hydrogens is 921 g/mol. The number of amides is 2. The van der Waals surface area contributed by atoms with Crippen LogP contribution < -0.4 is 10.5 Å². The molecule has 0 bridgehead atoms. The van der Waals surface area contributed by atoms with Crippen molar-refractivity contribution in [3.63, 3.8) is 0 Å². The number of carbonyl (C=O) groups excluding carboxylic acids is 2. The number of unbranched alkanes of at least 4 members (excludes halogenated alkanes) is 2. The molecule has 4 nitrogen and oxygen atoms in total. The van der Waals surface area contributed by atoms with Gasteiger partial charge in [-0.05, 0) is 0 Å². The molecule has 2 aliphatic carbocycles. The van der Waals surface area contributed by atoms with E-state index < -0.39 is 20.5 Å². The van der Waals surface area contributed by atoms with E-state index in [0.29, 0.717) is 11.8 Å². The molecule has 0 saturated heterocycles. The minimum atomic E-state index is -6.21. The fourth-order valence-electron chi connectivity index (χ4n) is 9.73. The Balaban J connectivity index is 1.72. The second-order valence-electron chi connectivity index (χ2n) is 17.1. The molecule has 0 aliphatic heterocycles. The van der Waals surface area contributed by atoms with Crippen molar-refractivity contribution in [3.05, 3.63) is 129 Å². The Morgan fingerprint density at radius 3 is 1.33 bits per heavy atom. The SMILES string of the molecule is CCCCC1=Cc2c(-c3ccccc3C(C)C)cccc2[CH]1[Hf]([Cl])([Cl])([B](NC(=O)CC)NC(=O)CC)[CH]1C(CCCC)=Cc2c(-c3ccccc3C(C)C)cccc21. The normalized spacial score (nSPS) is 16.7. The predicted molar refractivity (Wildman–Crippen MR) is 247 cm³/mol. The average molecular weight is 983 g/mol. The van der Waals surface area contributed by atoms with Gasteiger partial charge in [0.2, 0.25) is 0 Å². The number of benzene rings is 4. The Hall–Kier alpha value is -3.18. The number of halogens is 2. The summed E-state index contributed by atoms with van der Waals surface area (Å²) < 4.78 is -1.68. The van der Waals surface area contributed by atoms with Crippen LogP contribution in [0, 0.1) is 0 Å². The van der Waals surface area contributed by atoms with Crippen molar-refractivity contribution in [2.75, 3.05) is 0 Å². The summed E-state index contributed by atoms with van der Waals surface area (Å²) in [4.78, 5) is 27.6. The van der Waals surface area contributed by atoms with Crippen LogP contribution in [0.4, 0.5) is 0 Å². The topological polar surface area (TPSA) is 58.2 Å². The second-order valence-corrected chi connectivity index (χ2v) is 47.5. The van der Waals surface area contributed by atoms with E-state index in [-0.39, 0.29) is 32.0 Å². The molecule has 305 valence electrons. The summed E-state index contributed by atoms with van der Waals surface area (Å²) in [6, 6.07) is 30.6. The Bertz CT molecular complexity index is 2080. The molecule has 0 aromatic heterocycles. The van der Waals surface area contributed by atoms with Gasteiger partial charge >= 0.3 is 359 Å². The first-order valence-corrected chi connectivity index (χ1v) is 36.9. The molecule has 2 aliphatic rings. The minimum absolute atomic E-state index is 0.181. The number of rotatable bonds is 17. The van der Waals surface area contributed by atoms with Gasteiger partial charge in [-0.2, -0.15) is 0 Å². The van der Waals surface area contributed by atoms with Crippen LogP contribution in [0.3, 0.4) is 0 Å². The van der Waals surface area contributed by atoms with Gasteiger partial charge in [-0.25, -0.2) is 0 Å². The van der Waals surface area contributed by atoms with Crippen LogP contribution >= 0.6 is 17.2 Å². The molecule has 2 unspecified atom stereocenters. The van der Waals surface area contributed by atoms with Crippen molar-refractivity contribution in [2.45, 2.75) is 126 Å². The maximum absolute atomic E-state index is 13.8. The Kier molecular flexibility index (Phi) is 14.2. The van der Waals surface area contributed by atoms with Gasteiger partial charge in [-0.3, -0.25) is 0 Å². The second kappa shape index (κ2) is 18.6. The van der Waals surface area contributed by atoms with Crippen LogP contribution in [0.5, 0.6) is 0 Å². The molecule has 4 aromatic carbocycles. The first-order chi connectivity index (χ1) is 27.8. The molecule has 6 rings (SSSR count). The van der Waals surface area contributed by atoms with Crippen LogP contribution in [0.15, 0.2) is 96.1 Å². The van der Waals surface area contributed by atoms with E-state index in [4.69, 9.17) is 17.2 Å². The molecular formula is C50H62BCl2HfN2O2. The van der Waals surface area contributed by atoms with Crippen molar-refractivity contribution in [1.29, 1.82) is 0 Å². The third-order valence-electron chi connectivity index (χ3n) is 12.6. The fourth-order valence-corrected chi connectivity index (χ4v) is 39.5. The summed E-state index contributed by atoms with van der Waals surface area (Å²) in [5.41, 5.74) is 14.2. The van der Waals surface area contributed by atoms with E-state index in [1.54, 1.807) is 0 Å². The van der Waals surface area contributed by atoms with Crippen molar-refractivity contribution in [2.24, 2.45) is 0 Å². The zero-order chi connectivity index (χ0) is 41.8. The predicted octanol–water partition coefficient (Wildman–Crippen LogP) is 14.3. The first-order valence-electron chi connectivity index (χ1n) is 21.8. The van der Waals surface area contributed by atoms with E-state index in [0.717, 1.165) is 60.8 Å². The van der Waals surface area contributed by atoms with Crippen molar-refractivity contribution in [3.8, 4) is 22.3 Å². The van der Waals surface area contributed by atoms with E-state index in [9.17, 15) is 9.59 Å². The number of carbonyl (C=O) groups is 2. The molecule has 0 spiro atoms. The zero-order valence-corrected chi connectivity index (χ0v) is 41.0. The Labute approximate surface area is 356 Å². The van der Waals surface area contributed by atoms with Crippen LogP contribution in [0.2, 0.25) is 0 Å².